The summed E-state index contributed by atoms with van der Waals surface area (Å²) in [5, 5.41) is -0.510. The predicted molar refractivity (Wildman–Crippen MR) is 106 cm³/mol. The molecule has 1 fully saturated rings. The number of ether oxygens (including phenoxy) is 3. The van der Waals surface area contributed by atoms with Crippen LogP contribution < -0.4 is 9.47 Å². The van der Waals surface area contributed by atoms with Gasteiger partial charge in [0.25, 0.3) is 11.1 Å². The number of methoxy groups -OCH3 is 1. The van der Waals surface area contributed by atoms with E-state index in [1.165, 1.54) is 7.11 Å². The third-order valence-electron chi connectivity index (χ3n) is 3.72. The number of hydrogen-bond acceptors (Lipinski definition) is 7. The number of thioether (sulfide) groups is 1. The van der Waals surface area contributed by atoms with E-state index in [0.29, 0.717) is 17.1 Å². The van der Waals surface area contributed by atoms with Crippen molar-refractivity contribution in [1.29, 1.82) is 0 Å². The van der Waals surface area contributed by atoms with Crippen LogP contribution in [0.25, 0.3) is 6.08 Å². The number of carbonyl (C=O) groups excluding carboxylic acids is 3. The molecule has 2 rings (SSSR count). The van der Waals surface area contributed by atoms with E-state index in [0.717, 1.165) is 29.5 Å². The molecule has 0 aliphatic carbocycles. The lowest BCUT2D eigenvalue weighted by Crippen LogP contribution is -2.34. The average molecular weight is 403 g/mol. The van der Waals surface area contributed by atoms with Crippen LogP contribution in [0.5, 0.6) is 11.5 Å². The first-order valence-corrected chi connectivity index (χ1v) is 9.47. The molecule has 0 radical (unpaired) electrons. The molecule has 1 aliphatic rings. The van der Waals surface area contributed by atoms with Crippen LogP contribution in [-0.4, -0.2) is 48.9 Å². The number of unbranched alkanes of at least 4 members (excludes halogenated alkanes) is 1. The molecule has 7 nitrogen and oxygen atoms in total. The van der Waals surface area contributed by atoms with Gasteiger partial charge in [0.15, 0.2) is 11.5 Å². The van der Waals surface area contributed by atoms with Crippen molar-refractivity contribution in [3.63, 3.8) is 0 Å². The van der Waals surface area contributed by atoms with Gasteiger partial charge in [0.2, 0.25) is 0 Å². The third-order valence-corrected chi connectivity index (χ3v) is 4.63. The normalized spacial score (nSPS) is 14.9. The SMILES string of the molecule is C#CCOc1ccc(/C=C2\SC(=O)N(CC(=O)OCCCC)C2=O)cc1OC. The molecule has 1 aromatic rings. The highest BCUT2D eigenvalue weighted by atomic mass is 32.2. The fraction of sp³-hybridized carbons (Fsp3) is 0.350. The maximum Gasteiger partial charge on any atom is 0.326 e. The fourth-order valence-corrected chi connectivity index (χ4v) is 3.14. The Bertz CT molecular complexity index is 826. The monoisotopic (exact) mass is 403 g/mol. The molecule has 8 heteroatoms. The molecule has 0 aromatic heterocycles. The highest BCUT2D eigenvalue weighted by Gasteiger charge is 2.36. The van der Waals surface area contributed by atoms with E-state index in [1.54, 1.807) is 24.3 Å². The Morgan fingerprint density at radius 1 is 1.32 bits per heavy atom. The van der Waals surface area contributed by atoms with Crippen molar-refractivity contribution in [2.45, 2.75) is 19.8 Å². The van der Waals surface area contributed by atoms with Crippen molar-refractivity contribution in [3.05, 3.63) is 28.7 Å². The minimum Gasteiger partial charge on any atom is -0.493 e. The summed E-state index contributed by atoms with van der Waals surface area (Å²) in [5.74, 6) is 2.15. The van der Waals surface area contributed by atoms with Gasteiger partial charge in [-0.05, 0) is 42.0 Å². The zero-order valence-corrected chi connectivity index (χ0v) is 16.5. The average Bonchev–Trinajstić information content (AvgIpc) is 2.94. The Morgan fingerprint density at radius 3 is 2.79 bits per heavy atom. The van der Waals surface area contributed by atoms with Crippen LogP contribution in [0.4, 0.5) is 4.79 Å². The lowest BCUT2D eigenvalue weighted by Gasteiger charge is -2.11. The van der Waals surface area contributed by atoms with Gasteiger partial charge in [0.05, 0.1) is 18.6 Å². The second-order valence-corrected chi connectivity index (χ2v) is 6.74. The summed E-state index contributed by atoms with van der Waals surface area (Å²) in [6.45, 7) is 1.95. The Kier molecular flexibility index (Phi) is 7.96. The molecule has 0 bridgehead atoms. The Balaban J connectivity index is 2.10. The first-order valence-electron chi connectivity index (χ1n) is 8.65. The molecule has 2 amide bonds. The molecule has 148 valence electrons. The van der Waals surface area contributed by atoms with E-state index in [1.807, 2.05) is 6.92 Å². The smallest absolute Gasteiger partial charge is 0.326 e. The summed E-state index contributed by atoms with van der Waals surface area (Å²) >= 11 is 0.771. The van der Waals surface area contributed by atoms with Gasteiger partial charge in [-0.25, -0.2) is 0 Å². The van der Waals surface area contributed by atoms with Crippen LogP contribution in [0.3, 0.4) is 0 Å². The zero-order chi connectivity index (χ0) is 20.5. The molecular formula is C20H21NO6S. The van der Waals surface area contributed by atoms with Crippen molar-refractivity contribution in [3.8, 4) is 23.8 Å². The molecule has 0 atom stereocenters. The van der Waals surface area contributed by atoms with Gasteiger partial charge in [-0.2, -0.15) is 0 Å². The first-order chi connectivity index (χ1) is 13.5. The van der Waals surface area contributed by atoms with Gasteiger partial charge in [-0.15, -0.1) is 6.42 Å². The molecule has 1 saturated heterocycles. The van der Waals surface area contributed by atoms with Gasteiger partial charge < -0.3 is 14.2 Å². The van der Waals surface area contributed by atoms with Crippen molar-refractivity contribution in [2.24, 2.45) is 0 Å². The Hall–Kier alpha value is -2.92. The molecule has 28 heavy (non-hydrogen) atoms. The summed E-state index contributed by atoms with van der Waals surface area (Å²) in [4.78, 5) is 37.5. The van der Waals surface area contributed by atoms with Crippen molar-refractivity contribution >= 4 is 35.0 Å². The van der Waals surface area contributed by atoms with E-state index in [-0.39, 0.29) is 18.1 Å². The lowest BCUT2D eigenvalue weighted by molar-refractivity contribution is -0.146. The minimum atomic E-state index is -0.603. The third kappa shape index (κ3) is 5.54. The Labute approximate surface area is 168 Å². The van der Waals surface area contributed by atoms with Crippen LogP contribution in [0.1, 0.15) is 25.3 Å². The van der Waals surface area contributed by atoms with E-state index in [4.69, 9.17) is 20.6 Å². The number of esters is 1. The van der Waals surface area contributed by atoms with Gasteiger partial charge in [0.1, 0.15) is 13.2 Å². The molecule has 1 aliphatic heterocycles. The van der Waals surface area contributed by atoms with Crippen molar-refractivity contribution < 1.29 is 28.6 Å². The van der Waals surface area contributed by atoms with Crippen LogP contribution in [-0.2, 0) is 14.3 Å². The second-order valence-electron chi connectivity index (χ2n) is 5.74. The van der Waals surface area contributed by atoms with Gasteiger partial charge in [-0.1, -0.05) is 25.3 Å². The lowest BCUT2D eigenvalue weighted by atomic mass is 10.2. The molecule has 0 saturated carbocycles. The number of nitrogens with zero attached hydrogens (tertiary/aromatic N) is 1. The maximum atomic E-state index is 12.5. The van der Waals surface area contributed by atoms with Crippen LogP contribution >= 0.6 is 11.8 Å². The zero-order valence-electron chi connectivity index (χ0n) is 15.7. The number of benzene rings is 1. The number of hydrogen-bond donors (Lipinski definition) is 0. The standard InChI is InChI=1S/C20H21NO6S/c1-4-6-10-27-18(22)13-21-19(23)17(28-20(21)24)12-14-7-8-15(26-9-5-2)16(11-14)25-3/h2,7-8,11-12H,4,6,9-10,13H2,1,3H3/b17-12-. The maximum absolute atomic E-state index is 12.5. The molecule has 0 spiro atoms. The van der Waals surface area contributed by atoms with E-state index in [9.17, 15) is 14.4 Å². The number of carbonyl (C=O) groups is 3. The summed E-state index contributed by atoms with van der Waals surface area (Å²) in [6.07, 6.45) is 8.35. The first kappa shape index (κ1) is 21.4. The van der Waals surface area contributed by atoms with E-state index in [2.05, 4.69) is 5.92 Å². The van der Waals surface area contributed by atoms with Gasteiger partial charge in [-0.3, -0.25) is 19.3 Å². The number of terminal acetylenes is 1. The summed E-state index contributed by atoms with van der Waals surface area (Å²) < 4.78 is 15.6. The molecule has 1 heterocycles. The quantitative estimate of drug-likeness (QED) is 0.271. The fourth-order valence-electron chi connectivity index (χ4n) is 2.31. The largest absolute Gasteiger partial charge is 0.493 e. The van der Waals surface area contributed by atoms with Gasteiger partial charge in [0, 0.05) is 0 Å². The highest BCUT2D eigenvalue weighted by molar-refractivity contribution is 8.18. The molecule has 0 unspecified atom stereocenters. The van der Waals surface area contributed by atoms with Crippen molar-refractivity contribution in [1.82, 2.24) is 4.90 Å². The van der Waals surface area contributed by atoms with E-state index >= 15 is 0 Å². The van der Waals surface area contributed by atoms with E-state index < -0.39 is 23.7 Å². The summed E-state index contributed by atoms with van der Waals surface area (Å²) in [7, 11) is 1.49. The summed E-state index contributed by atoms with van der Waals surface area (Å²) in [6, 6.07) is 5.04. The molecule has 0 N–H and O–H groups in total. The molecular weight excluding hydrogens is 382 g/mol. The number of imide groups is 1. The highest BCUT2D eigenvalue weighted by Crippen LogP contribution is 2.34. The van der Waals surface area contributed by atoms with Crippen LogP contribution in [0, 0.1) is 12.3 Å². The van der Waals surface area contributed by atoms with Crippen LogP contribution in [0.15, 0.2) is 23.1 Å². The topological polar surface area (TPSA) is 82.1 Å². The van der Waals surface area contributed by atoms with Gasteiger partial charge >= 0.3 is 5.97 Å². The van der Waals surface area contributed by atoms with Crippen LogP contribution in [0.2, 0.25) is 0 Å². The van der Waals surface area contributed by atoms with Crippen molar-refractivity contribution in [2.75, 3.05) is 26.9 Å². The Morgan fingerprint density at radius 2 is 2.11 bits per heavy atom. The number of amides is 2. The number of rotatable bonds is 9. The second kappa shape index (κ2) is 10.4. The summed E-state index contributed by atoms with van der Waals surface area (Å²) in [5.41, 5.74) is 0.640. The molecule has 1 aromatic carbocycles. The minimum absolute atomic E-state index is 0.100. The predicted octanol–water partition coefficient (Wildman–Crippen LogP) is 3.09.